The fourth-order valence-corrected chi connectivity index (χ4v) is 2.98. The van der Waals surface area contributed by atoms with E-state index in [0.29, 0.717) is 16.3 Å². The highest BCUT2D eigenvalue weighted by Gasteiger charge is 2.17. The molecule has 0 radical (unpaired) electrons. The summed E-state index contributed by atoms with van der Waals surface area (Å²) >= 11 is 6.08. The average molecular weight is 356 g/mol. The molecule has 0 atom stereocenters. The van der Waals surface area contributed by atoms with Crippen LogP contribution in [-0.4, -0.2) is 31.9 Å². The van der Waals surface area contributed by atoms with Crippen LogP contribution in [0.15, 0.2) is 40.8 Å². The summed E-state index contributed by atoms with van der Waals surface area (Å²) in [7, 11) is -3.18. The van der Waals surface area contributed by atoms with Crippen LogP contribution in [0.4, 0.5) is 0 Å². The standard InChI is InChI=1S/C16H18ClNO4S/c1-11(2)23(20,21)10-9-18-16(19)15-8-7-14(22-15)12-5-3-4-6-13(12)17/h3-8,11H,9-10H2,1-2H3,(H,18,19). The van der Waals surface area contributed by atoms with Gasteiger partial charge in [-0.25, -0.2) is 8.42 Å². The molecule has 0 unspecified atom stereocenters. The molecule has 1 amide bonds. The van der Waals surface area contributed by atoms with Crippen LogP contribution in [0.3, 0.4) is 0 Å². The molecule has 0 bridgehead atoms. The minimum atomic E-state index is -3.18. The molecule has 7 heteroatoms. The lowest BCUT2D eigenvalue weighted by atomic mass is 10.2. The Morgan fingerprint density at radius 2 is 1.91 bits per heavy atom. The van der Waals surface area contributed by atoms with Crippen LogP contribution >= 0.6 is 11.6 Å². The Labute approximate surface area is 140 Å². The van der Waals surface area contributed by atoms with Crippen molar-refractivity contribution in [2.75, 3.05) is 12.3 Å². The normalized spacial score (nSPS) is 11.7. The van der Waals surface area contributed by atoms with Gasteiger partial charge in [0.2, 0.25) is 0 Å². The number of amides is 1. The number of halogens is 1. The molecule has 5 nitrogen and oxygen atoms in total. The number of carbonyl (C=O) groups is 1. The van der Waals surface area contributed by atoms with Crippen molar-refractivity contribution in [1.29, 1.82) is 0 Å². The van der Waals surface area contributed by atoms with Gasteiger partial charge >= 0.3 is 0 Å². The van der Waals surface area contributed by atoms with Crippen molar-refractivity contribution in [3.63, 3.8) is 0 Å². The van der Waals surface area contributed by atoms with Gasteiger partial charge in [0, 0.05) is 12.1 Å². The van der Waals surface area contributed by atoms with Gasteiger partial charge in [0.15, 0.2) is 15.6 Å². The van der Waals surface area contributed by atoms with E-state index in [1.165, 1.54) is 6.07 Å². The summed E-state index contributed by atoms with van der Waals surface area (Å²) in [4.78, 5) is 12.0. The number of rotatable bonds is 6. The minimum absolute atomic E-state index is 0.0431. The lowest BCUT2D eigenvalue weighted by molar-refractivity contribution is 0.0929. The van der Waals surface area contributed by atoms with E-state index in [1.807, 2.05) is 6.07 Å². The van der Waals surface area contributed by atoms with Gasteiger partial charge in [-0.2, -0.15) is 0 Å². The monoisotopic (exact) mass is 355 g/mol. The number of benzene rings is 1. The second-order valence-electron chi connectivity index (χ2n) is 5.32. The quantitative estimate of drug-likeness (QED) is 0.863. The maximum Gasteiger partial charge on any atom is 0.287 e. The molecule has 0 spiro atoms. The summed E-state index contributed by atoms with van der Waals surface area (Å²) in [6.07, 6.45) is 0. The molecule has 0 saturated carbocycles. The molecule has 1 aromatic carbocycles. The first-order chi connectivity index (χ1) is 10.8. The summed E-state index contributed by atoms with van der Waals surface area (Å²) in [5.41, 5.74) is 0.690. The van der Waals surface area contributed by atoms with Crippen LogP contribution < -0.4 is 5.32 Å². The second-order valence-corrected chi connectivity index (χ2v) is 8.40. The number of sulfone groups is 1. The molecule has 23 heavy (non-hydrogen) atoms. The lowest BCUT2D eigenvalue weighted by Gasteiger charge is -2.07. The van der Waals surface area contributed by atoms with Crippen LogP contribution in [-0.2, 0) is 9.84 Å². The largest absolute Gasteiger partial charge is 0.451 e. The first-order valence-electron chi connectivity index (χ1n) is 7.16. The van der Waals surface area contributed by atoms with E-state index in [0.717, 1.165) is 0 Å². The van der Waals surface area contributed by atoms with E-state index < -0.39 is 21.0 Å². The summed E-state index contributed by atoms with van der Waals surface area (Å²) in [5, 5.41) is 2.61. The van der Waals surface area contributed by atoms with Gasteiger partial charge in [0.1, 0.15) is 5.76 Å². The van der Waals surface area contributed by atoms with E-state index in [2.05, 4.69) is 5.32 Å². The summed E-state index contributed by atoms with van der Waals surface area (Å²) in [6.45, 7) is 3.26. The van der Waals surface area contributed by atoms with Gasteiger partial charge in [0.25, 0.3) is 5.91 Å². The van der Waals surface area contributed by atoms with Crippen molar-refractivity contribution in [3.8, 4) is 11.3 Å². The van der Waals surface area contributed by atoms with Gasteiger partial charge in [0.05, 0.1) is 16.0 Å². The van der Waals surface area contributed by atoms with Crippen LogP contribution in [0.1, 0.15) is 24.4 Å². The van der Waals surface area contributed by atoms with E-state index in [1.54, 1.807) is 38.1 Å². The Hall–Kier alpha value is -1.79. The van der Waals surface area contributed by atoms with E-state index in [-0.39, 0.29) is 18.1 Å². The summed E-state index contributed by atoms with van der Waals surface area (Å²) in [6, 6.07) is 10.3. The Morgan fingerprint density at radius 3 is 2.57 bits per heavy atom. The first kappa shape index (κ1) is 17.6. The molecule has 124 valence electrons. The second kappa shape index (κ2) is 7.19. The molecule has 0 aliphatic rings. The van der Waals surface area contributed by atoms with Crippen molar-refractivity contribution >= 4 is 27.3 Å². The molecule has 1 aromatic heterocycles. The molecular weight excluding hydrogens is 338 g/mol. The summed E-state index contributed by atoms with van der Waals surface area (Å²) < 4.78 is 28.9. The highest BCUT2D eigenvalue weighted by molar-refractivity contribution is 7.92. The first-order valence-corrected chi connectivity index (χ1v) is 9.25. The van der Waals surface area contributed by atoms with Crippen molar-refractivity contribution in [2.24, 2.45) is 0 Å². The molecular formula is C16H18ClNO4S. The van der Waals surface area contributed by atoms with Crippen LogP contribution in [0.25, 0.3) is 11.3 Å². The smallest absolute Gasteiger partial charge is 0.287 e. The van der Waals surface area contributed by atoms with Gasteiger partial charge in [-0.1, -0.05) is 23.7 Å². The molecule has 0 saturated heterocycles. The summed E-state index contributed by atoms with van der Waals surface area (Å²) in [5.74, 6) is 0.0359. The van der Waals surface area contributed by atoms with Crippen LogP contribution in [0.2, 0.25) is 5.02 Å². The van der Waals surface area contributed by atoms with Gasteiger partial charge in [-0.05, 0) is 38.1 Å². The molecule has 0 aliphatic heterocycles. The molecule has 2 aromatic rings. The topological polar surface area (TPSA) is 76.4 Å². The Kier molecular flexibility index (Phi) is 5.49. The highest BCUT2D eigenvalue weighted by Crippen LogP contribution is 2.28. The fourth-order valence-electron chi connectivity index (χ4n) is 1.90. The van der Waals surface area contributed by atoms with E-state index >= 15 is 0 Å². The average Bonchev–Trinajstić information content (AvgIpc) is 2.97. The molecule has 2 rings (SSSR count). The third kappa shape index (κ3) is 4.36. The number of carbonyl (C=O) groups excluding carboxylic acids is 1. The minimum Gasteiger partial charge on any atom is -0.451 e. The Bertz CT molecular complexity index is 796. The van der Waals surface area contributed by atoms with E-state index in [4.69, 9.17) is 16.0 Å². The van der Waals surface area contributed by atoms with Crippen LogP contribution in [0.5, 0.6) is 0 Å². The Balaban J connectivity index is 2.01. The maximum absolute atomic E-state index is 12.0. The van der Waals surface area contributed by atoms with Crippen molar-refractivity contribution < 1.29 is 17.6 Å². The van der Waals surface area contributed by atoms with Gasteiger partial charge in [-0.15, -0.1) is 0 Å². The van der Waals surface area contributed by atoms with Crippen molar-refractivity contribution in [2.45, 2.75) is 19.1 Å². The van der Waals surface area contributed by atoms with Crippen molar-refractivity contribution in [3.05, 3.63) is 47.2 Å². The highest BCUT2D eigenvalue weighted by atomic mass is 35.5. The predicted molar refractivity (Wildman–Crippen MR) is 90.4 cm³/mol. The fraction of sp³-hybridized carbons (Fsp3) is 0.312. The third-order valence-corrected chi connectivity index (χ3v) is 5.90. The number of nitrogens with one attached hydrogen (secondary N) is 1. The van der Waals surface area contributed by atoms with E-state index in [9.17, 15) is 13.2 Å². The molecule has 1 heterocycles. The van der Waals surface area contributed by atoms with Crippen LogP contribution in [0, 0.1) is 0 Å². The molecule has 1 N–H and O–H groups in total. The number of furan rings is 1. The van der Waals surface area contributed by atoms with Gasteiger partial charge < -0.3 is 9.73 Å². The third-order valence-electron chi connectivity index (χ3n) is 3.36. The number of hydrogen-bond acceptors (Lipinski definition) is 4. The zero-order valence-corrected chi connectivity index (χ0v) is 14.4. The molecule has 0 aliphatic carbocycles. The van der Waals surface area contributed by atoms with Gasteiger partial charge in [-0.3, -0.25) is 4.79 Å². The predicted octanol–water partition coefficient (Wildman–Crippen LogP) is 3.15. The van der Waals surface area contributed by atoms with Crippen molar-refractivity contribution in [1.82, 2.24) is 5.32 Å². The number of hydrogen-bond donors (Lipinski definition) is 1. The SMILES string of the molecule is CC(C)S(=O)(=O)CCNC(=O)c1ccc(-c2ccccc2Cl)o1. The maximum atomic E-state index is 12.0. The zero-order valence-electron chi connectivity index (χ0n) is 12.9. The Morgan fingerprint density at radius 1 is 1.22 bits per heavy atom. The lowest BCUT2D eigenvalue weighted by Crippen LogP contribution is -2.31. The molecule has 0 fully saturated rings. The zero-order chi connectivity index (χ0) is 17.0.